The van der Waals surface area contributed by atoms with Crippen molar-refractivity contribution in [1.29, 1.82) is 0 Å². The van der Waals surface area contributed by atoms with Gasteiger partial charge in [0.15, 0.2) is 0 Å². The minimum Gasteiger partial charge on any atom is -0.372 e. The van der Waals surface area contributed by atoms with E-state index in [0.29, 0.717) is 0 Å². The molecule has 0 radical (unpaired) electrons. The van der Waals surface area contributed by atoms with Crippen LogP contribution in [0.3, 0.4) is 0 Å². The van der Waals surface area contributed by atoms with Gasteiger partial charge in [-0.3, -0.25) is 0 Å². The van der Waals surface area contributed by atoms with Crippen LogP contribution in [0.15, 0.2) is 42.5 Å². The fourth-order valence-corrected chi connectivity index (χ4v) is 4.05. The maximum atomic E-state index is 2.37. The van der Waals surface area contributed by atoms with E-state index in [1.807, 2.05) is 11.3 Å². The summed E-state index contributed by atoms with van der Waals surface area (Å²) < 4.78 is 3.65. The van der Waals surface area contributed by atoms with Gasteiger partial charge >= 0.3 is 0 Å². The Morgan fingerprint density at radius 2 is 1.68 bits per heavy atom. The van der Waals surface area contributed by atoms with Gasteiger partial charge in [-0.15, -0.1) is 0 Å². The highest BCUT2D eigenvalue weighted by Gasteiger charge is 2.18. The molecule has 0 N–H and O–H groups in total. The number of rotatable bonds is 4. The Bertz CT molecular complexity index is 783. The summed E-state index contributed by atoms with van der Waals surface area (Å²) in [6.07, 6.45) is 0. The predicted octanol–water partition coefficient (Wildman–Crippen LogP) is 4.55. The van der Waals surface area contributed by atoms with Gasteiger partial charge in [0.25, 0.3) is 5.01 Å². The molecule has 0 spiro atoms. The molecule has 3 rings (SSSR count). The van der Waals surface area contributed by atoms with E-state index in [1.165, 1.54) is 32.0 Å². The van der Waals surface area contributed by atoms with Gasteiger partial charge in [0.2, 0.25) is 5.52 Å². The van der Waals surface area contributed by atoms with Gasteiger partial charge in [0.1, 0.15) is 11.7 Å². The molecule has 1 heterocycles. The van der Waals surface area contributed by atoms with E-state index in [0.717, 1.165) is 13.1 Å². The highest BCUT2D eigenvalue weighted by Crippen LogP contribution is 2.30. The Morgan fingerprint density at radius 3 is 2.32 bits per heavy atom. The van der Waals surface area contributed by atoms with E-state index < -0.39 is 0 Å². The lowest BCUT2D eigenvalue weighted by atomic mass is 10.2. The number of aryl methyl sites for hydroxylation is 2. The van der Waals surface area contributed by atoms with Crippen molar-refractivity contribution in [2.75, 3.05) is 18.0 Å². The van der Waals surface area contributed by atoms with Crippen molar-refractivity contribution in [2.24, 2.45) is 7.05 Å². The van der Waals surface area contributed by atoms with Crippen molar-refractivity contribution in [2.45, 2.75) is 20.8 Å². The maximum Gasteiger partial charge on any atom is 0.269 e. The summed E-state index contributed by atoms with van der Waals surface area (Å²) in [5.41, 5.74) is 5.21. The van der Waals surface area contributed by atoms with Crippen LogP contribution in [0.5, 0.6) is 0 Å². The number of anilines is 1. The number of nitrogens with zero attached hydrogens (tertiary/aromatic N) is 2. The molecule has 0 aliphatic heterocycles. The van der Waals surface area contributed by atoms with Gasteiger partial charge < -0.3 is 4.90 Å². The average Bonchev–Trinajstić information content (AvgIpc) is 2.86. The first-order valence-electron chi connectivity index (χ1n) is 7.88. The van der Waals surface area contributed by atoms with E-state index in [2.05, 4.69) is 79.8 Å². The standard InChI is InChI=1S/C19H23N2S/c1-5-21(6-2)16-10-8-15(9-11-16)19-20(4)17-13-14(3)7-12-18(17)22-19/h7-13H,5-6H2,1-4H3/q+1. The lowest BCUT2D eigenvalue weighted by Gasteiger charge is -2.20. The van der Waals surface area contributed by atoms with Crippen LogP contribution >= 0.6 is 11.3 Å². The van der Waals surface area contributed by atoms with Gasteiger partial charge in [-0.25, -0.2) is 0 Å². The second-order valence-electron chi connectivity index (χ2n) is 5.66. The van der Waals surface area contributed by atoms with Gasteiger partial charge in [0, 0.05) is 24.8 Å². The Labute approximate surface area is 136 Å². The first-order valence-corrected chi connectivity index (χ1v) is 8.70. The Hall–Kier alpha value is -1.87. The number of thiazole rings is 1. The molecule has 0 saturated heterocycles. The molecule has 114 valence electrons. The summed E-state index contributed by atoms with van der Waals surface area (Å²) >= 11 is 1.86. The van der Waals surface area contributed by atoms with Crippen molar-refractivity contribution >= 4 is 27.2 Å². The fraction of sp³-hybridized carbons (Fsp3) is 0.316. The molecule has 3 heteroatoms. The second-order valence-corrected chi connectivity index (χ2v) is 6.69. The molecule has 0 saturated carbocycles. The molecule has 0 aliphatic carbocycles. The molecule has 2 aromatic carbocycles. The minimum absolute atomic E-state index is 1.05. The van der Waals surface area contributed by atoms with Crippen LogP contribution in [0, 0.1) is 6.92 Å². The molecule has 0 amide bonds. The number of hydrogen-bond acceptors (Lipinski definition) is 2. The molecular weight excluding hydrogens is 288 g/mol. The van der Waals surface area contributed by atoms with Crippen molar-refractivity contribution in [3.8, 4) is 10.6 Å². The smallest absolute Gasteiger partial charge is 0.269 e. The van der Waals surface area contributed by atoms with E-state index >= 15 is 0 Å². The lowest BCUT2D eigenvalue weighted by molar-refractivity contribution is -0.629. The van der Waals surface area contributed by atoms with Crippen LogP contribution < -0.4 is 9.47 Å². The van der Waals surface area contributed by atoms with Crippen LogP contribution in [0.25, 0.3) is 20.8 Å². The molecule has 22 heavy (non-hydrogen) atoms. The first-order chi connectivity index (χ1) is 10.6. The van der Waals surface area contributed by atoms with Crippen LogP contribution in [-0.4, -0.2) is 13.1 Å². The molecule has 0 aliphatic rings. The van der Waals surface area contributed by atoms with E-state index in [-0.39, 0.29) is 0 Å². The van der Waals surface area contributed by atoms with Crippen LogP contribution in [0.4, 0.5) is 5.69 Å². The molecule has 3 aromatic rings. The van der Waals surface area contributed by atoms with Crippen molar-refractivity contribution in [3.05, 3.63) is 48.0 Å². The van der Waals surface area contributed by atoms with Gasteiger partial charge in [-0.1, -0.05) is 17.4 Å². The Morgan fingerprint density at radius 1 is 1.00 bits per heavy atom. The van der Waals surface area contributed by atoms with Gasteiger partial charge in [-0.2, -0.15) is 4.57 Å². The molecule has 0 bridgehead atoms. The van der Waals surface area contributed by atoms with Crippen LogP contribution in [0.1, 0.15) is 19.4 Å². The molecule has 0 atom stereocenters. The number of aromatic nitrogens is 1. The lowest BCUT2D eigenvalue weighted by Crippen LogP contribution is -2.28. The maximum absolute atomic E-state index is 2.37. The zero-order valence-corrected chi connectivity index (χ0v) is 14.6. The van der Waals surface area contributed by atoms with Crippen molar-refractivity contribution < 1.29 is 4.57 Å². The average molecular weight is 311 g/mol. The van der Waals surface area contributed by atoms with Crippen LogP contribution in [-0.2, 0) is 7.05 Å². The van der Waals surface area contributed by atoms with E-state index in [4.69, 9.17) is 0 Å². The summed E-state index contributed by atoms with van der Waals surface area (Å²) in [6, 6.07) is 15.6. The molecule has 1 aromatic heterocycles. The van der Waals surface area contributed by atoms with Crippen LogP contribution in [0.2, 0.25) is 0 Å². The minimum atomic E-state index is 1.05. The van der Waals surface area contributed by atoms with E-state index in [9.17, 15) is 0 Å². The van der Waals surface area contributed by atoms with E-state index in [1.54, 1.807) is 0 Å². The normalized spacial score (nSPS) is 11.1. The predicted molar refractivity (Wildman–Crippen MR) is 96.7 cm³/mol. The SMILES string of the molecule is CCN(CC)c1ccc(-c2sc3ccc(C)cc3[n+]2C)cc1. The summed E-state index contributed by atoms with van der Waals surface area (Å²) in [7, 11) is 2.16. The number of hydrogen-bond donors (Lipinski definition) is 0. The quantitative estimate of drug-likeness (QED) is 0.641. The first kappa shape index (κ1) is 15.0. The topological polar surface area (TPSA) is 7.12 Å². The van der Waals surface area contributed by atoms with Gasteiger partial charge in [-0.05, 0) is 56.7 Å². The molecule has 2 nitrogen and oxygen atoms in total. The fourth-order valence-electron chi connectivity index (χ4n) is 2.91. The summed E-state index contributed by atoms with van der Waals surface area (Å²) in [5, 5.41) is 1.31. The second kappa shape index (κ2) is 6.09. The summed E-state index contributed by atoms with van der Waals surface area (Å²) in [5.74, 6) is 0. The highest BCUT2D eigenvalue weighted by atomic mass is 32.1. The van der Waals surface area contributed by atoms with Crippen molar-refractivity contribution in [1.82, 2.24) is 0 Å². The summed E-state index contributed by atoms with van der Waals surface area (Å²) in [6.45, 7) is 8.64. The monoisotopic (exact) mass is 311 g/mol. The van der Waals surface area contributed by atoms with Crippen molar-refractivity contribution in [3.63, 3.8) is 0 Å². The third kappa shape index (κ3) is 2.61. The number of benzene rings is 2. The zero-order valence-electron chi connectivity index (χ0n) is 13.8. The molecule has 0 unspecified atom stereocenters. The third-order valence-electron chi connectivity index (χ3n) is 4.23. The molecular formula is C19H23N2S+. The largest absolute Gasteiger partial charge is 0.372 e. The van der Waals surface area contributed by atoms with Gasteiger partial charge in [0.05, 0.1) is 5.56 Å². The third-order valence-corrected chi connectivity index (χ3v) is 5.50. The zero-order chi connectivity index (χ0) is 15.7. The highest BCUT2D eigenvalue weighted by molar-refractivity contribution is 7.21. The Kier molecular flexibility index (Phi) is 4.16. The number of fused-ring (bicyclic) bond motifs is 1. The summed E-state index contributed by atoms with van der Waals surface area (Å²) in [4.78, 5) is 2.37. The Balaban J connectivity index is 2.02. The molecule has 0 fully saturated rings.